The zero-order valence-corrected chi connectivity index (χ0v) is 10.3. The maximum Gasteiger partial charge on any atom is 0.279 e. The van der Waals surface area contributed by atoms with Crippen LogP contribution in [0.3, 0.4) is 0 Å². The third-order valence-electron chi connectivity index (χ3n) is 2.69. The summed E-state index contributed by atoms with van der Waals surface area (Å²) < 4.78 is 0. The van der Waals surface area contributed by atoms with E-state index in [0.717, 1.165) is 0 Å². The molecule has 0 atom stereocenters. The van der Waals surface area contributed by atoms with Gasteiger partial charge in [0.1, 0.15) is 5.75 Å². The van der Waals surface area contributed by atoms with Crippen molar-refractivity contribution < 1.29 is 10.0 Å². The van der Waals surface area contributed by atoms with Crippen LogP contribution in [-0.4, -0.2) is 10.0 Å². The fourth-order valence-electron chi connectivity index (χ4n) is 1.77. The van der Waals surface area contributed by atoms with Gasteiger partial charge in [0.05, 0.1) is 10.5 Å². The maximum absolute atomic E-state index is 11.0. The topological polar surface area (TPSA) is 63.4 Å². The Balaban J connectivity index is 3.67. The van der Waals surface area contributed by atoms with Crippen LogP contribution in [0, 0.1) is 24.0 Å². The molecular formula is C12H17NO3. The predicted molar refractivity (Wildman–Crippen MR) is 62.9 cm³/mol. The zero-order valence-electron chi connectivity index (χ0n) is 10.3. The number of nitro groups is 1. The van der Waals surface area contributed by atoms with Gasteiger partial charge in [-0.15, -0.1) is 0 Å². The van der Waals surface area contributed by atoms with Crippen molar-refractivity contribution in [2.45, 2.75) is 40.0 Å². The molecule has 0 unspecified atom stereocenters. The third kappa shape index (κ3) is 2.01. The fourth-order valence-corrected chi connectivity index (χ4v) is 1.77. The molecule has 1 aromatic rings. The molecule has 0 aliphatic heterocycles. The monoisotopic (exact) mass is 223 g/mol. The third-order valence-corrected chi connectivity index (χ3v) is 2.69. The van der Waals surface area contributed by atoms with Gasteiger partial charge < -0.3 is 5.11 Å². The number of hydrogen-bond donors (Lipinski definition) is 1. The van der Waals surface area contributed by atoms with E-state index in [4.69, 9.17) is 0 Å². The van der Waals surface area contributed by atoms with Crippen molar-refractivity contribution in [2.24, 2.45) is 0 Å². The Bertz CT molecular complexity index is 445. The van der Waals surface area contributed by atoms with E-state index in [9.17, 15) is 15.2 Å². The van der Waals surface area contributed by atoms with Gasteiger partial charge in [-0.2, -0.15) is 0 Å². The van der Waals surface area contributed by atoms with E-state index in [1.165, 1.54) is 0 Å². The number of nitro benzene ring substituents is 1. The van der Waals surface area contributed by atoms with Crippen LogP contribution >= 0.6 is 0 Å². The largest absolute Gasteiger partial charge is 0.507 e. The number of hydrogen-bond acceptors (Lipinski definition) is 3. The van der Waals surface area contributed by atoms with Gasteiger partial charge in [-0.3, -0.25) is 10.1 Å². The zero-order chi connectivity index (χ0) is 12.7. The normalized spacial score (nSPS) is 11.6. The van der Waals surface area contributed by atoms with E-state index in [0.29, 0.717) is 16.7 Å². The lowest BCUT2D eigenvalue weighted by atomic mass is 9.83. The van der Waals surface area contributed by atoms with Gasteiger partial charge in [0.2, 0.25) is 0 Å². The van der Waals surface area contributed by atoms with E-state index in [2.05, 4.69) is 0 Å². The summed E-state index contributed by atoms with van der Waals surface area (Å²) in [5, 5.41) is 20.8. The lowest BCUT2D eigenvalue weighted by Crippen LogP contribution is -2.15. The first-order chi connectivity index (χ1) is 7.16. The number of benzene rings is 1. The Labute approximate surface area is 95.1 Å². The summed E-state index contributed by atoms with van der Waals surface area (Å²) in [7, 11) is 0. The number of rotatable bonds is 1. The Morgan fingerprint density at radius 2 is 1.81 bits per heavy atom. The Morgan fingerprint density at radius 1 is 1.31 bits per heavy atom. The molecule has 88 valence electrons. The van der Waals surface area contributed by atoms with Crippen molar-refractivity contribution in [3.05, 3.63) is 32.9 Å². The van der Waals surface area contributed by atoms with Crippen LogP contribution in [0.4, 0.5) is 5.69 Å². The van der Waals surface area contributed by atoms with Crippen molar-refractivity contribution in [3.8, 4) is 5.75 Å². The molecule has 4 nitrogen and oxygen atoms in total. The van der Waals surface area contributed by atoms with Crippen LogP contribution in [0.1, 0.15) is 37.5 Å². The molecule has 1 N–H and O–H groups in total. The molecule has 1 rings (SSSR count). The number of aryl methyl sites for hydroxylation is 1. The highest BCUT2D eigenvalue weighted by Crippen LogP contribution is 2.39. The highest BCUT2D eigenvalue weighted by Gasteiger charge is 2.29. The molecule has 0 spiro atoms. The SMILES string of the molecule is Cc1cc(C(C)(C)C)c([N+](=O)[O-])c(C)c1O. The molecule has 16 heavy (non-hydrogen) atoms. The first-order valence-electron chi connectivity index (χ1n) is 5.14. The lowest BCUT2D eigenvalue weighted by molar-refractivity contribution is -0.386. The number of phenols is 1. The second-order valence-electron chi connectivity index (χ2n) is 5.07. The molecule has 4 heteroatoms. The minimum atomic E-state index is -0.422. The van der Waals surface area contributed by atoms with Gasteiger partial charge in [0.15, 0.2) is 0 Å². The van der Waals surface area contributed by atoms with E-state index in [1.807, 2.05) is 20.8 Å². The van der Waals surface area contributed by atoms with Crippen molar-refractivity contribution >= 4 is 5.69 Å². The van der Waals surface area contributed by atoms with Crippen molar-refractivity contribution in [1.29, 1.82) is 0 Å². The first-order valence-corrected chi connectivity index (χ1v) is 5.14. The van der Waals surface area contributed by atoms with Crippen molar-refractivity contribution in [3.63, 3.8) is 0 Å². The first kappa shape index (κ1) is 12.5. The maximum atomic E-state index is 11.0. The molecule has 0 aliphatic rings. The van der Waals surface area contributed by atoms with E-state index in [1.54, 1.807) is 19.9 Å². The average molecular weight is 223 g/mol. The second-order valence-corrected chi connectivity index (χ2v) is 5.07. The standard InChI is InChI=1S/C12H17NO3/c1-7-6-9(12(3,4)5)10(13(15)16)8(2)11(7)14/h6,14H,1-5H3. The summed E-state index contributed by atoms with van der Waals surface area (Å²) in [4.78, 5) is 10.6. The molecule has 0 heterocycles. The molecule has 0 aliphatic carbocycles. The summed E-state index contributed by atoms with van der Waals surface area (Å²) in [5.41, 5.74) is 1.38. The van der Waals surface area contributed by atoms with Gasteiger partial charge in [-0.1, -0.05) is 20.8 Å². The highest BCUT2D eigenvalue weighted by atomic mass is 16.6. The van der Waals surface area contributed by atoms with E-state index in [-0.39, 0.29) is 16.9 Å². The highest BCUT2D eigenvalue weighted by molar-refractivity contribution is 5.59. The summed E-state index contributed by atoms with van der Waals surface area (Å²) in [6.07, 6.45) is 0. The quantitative estimate of drug-likeness (QED) is 0.587. The minimum absolute atomic E-state index is 0.0136. The summed E-state index contributed by atoms with van der Waals surface area (Å²) >= 11 is 0. The Hall–Kier alpha value is -1.58. The van der Waals surface area contributed by atoms with Crippen molar-refractivity contribution in [1.82, 2.24) is 0 Å². The molecule has 1 aromatic carbocycles. The number of nitrogens with zero attached hydrogens (tertiary/aromatic N) is 1. The molecule has 0 bridgehead atoms. The van der Waals surface area contributed by atoms with Crippen LogP contribution in [0.15, 0.2) is 6.07 Å². The van der Waals surface area contributed by atoms with Crippen molar-refractivity contribution in [2.75, 3.05) is 0 Å². The van der Waals surface area contributed by atoms with Crippen LogP contribution in [0.2, 0.25) is 0 Å². The summed E-state index contributed by atoms with van der Waals surface area (Å²) in [6.45, 7) is 9.10. The molecule has 0 fully saturated rings. The smallest absolute Gasteiger partial charge is 0.279 e. The van der Waals surface area contributed by atoms with Gasteiger partial charge >= 0.3 is 0 Å². The Morgan fingerprint density at radius 3 is 2.19 bits per heavy atom. The van der Waals surface area contributed by atoms with Crippen LogP contribution in [-0.2, 0) is 5.41 Å². The number of aromatic hydroxyl groups is 1. The molecule has 0 saturated heterocycles. The number of phenolic OH excluding ortho intramolecular Hbond substituents is 1. The van der Waals surface area contributed by atoms with Gasteiger partial charge in [0.25, 0.3) is 5.69 Å². The van der Waals surface area contributed by atoms with Gasteiger partial charge in [0, 0.05) is 5.56 Å². The van der Waals surface area contributed by atoms with Gasteiger partial charge in [-0.05, 0) is 30.9 Å². The second kappa shape index (κ2) is 3.77. The molecule has 0 aromatic heterocycles. The minimum Gasteiger partial charge on any atom is -0.507 e. The van der Waals surface area contributed by atoms with E-state index < -0.39 is 4.92 Å². The van der Waals surface area contributed by atoms with Crippen LogP contribution in [0.25, 0.3) is 0 Å². The Kier molecular flexibility index (Phi) is 2.95. The summed E-state index contributed by atoms with van der Waals surface area (Å²) in [5.74, 6) is 0.0136. The van der Waals surface area contributed by atoms with Crippen LogP contribution in [0.5, 0.6) is 5.75 Å². The molecular weight excluding hydrogens is 206 g/mol. The average Bonchev–Trinajstić information content (AvgIpc) is 2.11. The summed E-state index contributed by atoms with van der Waals surface area (Å²) in [6, 6.07) is 1.69. The van der Waals surface area contributed by atoms with Crippen LogP contribution < -0.4 is 0 Å². The molecule has 0 amide bonds. The fraction of sp³-hybridized carbons (Fsp3) is 0.500. The molecule has 0 saturated carbocycles. The lowest BCUT2D eigenvalue weighted by Gasteiger charge is -2.21. The van der Waals surface area contributed by atoms with E-state index >= 15 is 0 Å². The predicted octanol–water partition coefficient (Wildman–Crippen LogP) is 3.21. The molecule has 0 radical (unpaired) electrons. The van der Waals surface area contributed by atoms with Gasteiger partial charge in [-0.25, -0.2) is 0 Å².